The summed E-state index contributed by atoms with van der Waals surface area (Å²) in [5.41, 5.74) is 10.9. The topological polar surface area (TPSA) is 70.7 Å². The number of nitrogens with one attached hydrogen (secondary N) is 1. The second-order valence-electron chi connectivity index (χ2n) is 6.87. The standard InChI is InChI=1S/C22H28N4O/c1-2-26(16-17-9-4-3-5-10-17)21(27)15-24-22(23)25-20-14-8-12-18-11-6-7-13-19(18)20/h3-5,8-10,12,14H,2,6-7,11,13,15-16H2,1H3,(H3,23,24,25). The number of fused-ring (bicyclic) bond motifs is 1. The summed E-state index contributed by atoms with van der Waals surface area (Å²) in [5, 5.41) is 3.19. The molecule has 142 valence electrons. The normalized spacial score (nSPS) is 13.7. The Balaban J connectivity index is 1.60. The Labute approximate surface area is 161 Å². The summed E-state index contributed by atoms with van der Waals surface area (Å²) in [6.45, 7) is 3.25. The number of nitrogens with zero attached hydrogens (tertiary/aromatic N) is 2. The summed E-state index contributed by atoms with van der Waals surface area (Å²) in [6.07, 6.45) is 4.62. The van der Waals surface area contributed by atoms with Crippen LogP contribution in [0, 0.1) is 0 Å². The van der Waals surface area contributed by atoms with Gasteiger partial charge >= 0.3 is 0 Å². The van der Waals surface area contributed by atoms with Crippen LogP contribution < -0.4 is 11.1 Å². The third-order valence-electron chi connectivity index (χ3n) is 4.99. The molecule has 0 atom stereocenters. The largest absolute Gasteiger partial charge is 0.370 e. The molecular weight excluding hydrogens is 336 g/mol. The highest BCUT2D eigenvalue weighted by Crippen LogP contribution is 2.27. The van der Waals surface area contributed by atoms with E-state index in [4.69, 9.17) is 5.73 Å². The molecule has 0 unspecified atom stereocenters. The van der Waals surface area contributed by atoms with Crippen molar-refractivity contribution in [2.24, 2.45) is 10.7 Å². The molecule has 0 saturated heterocycles. The Hall–Kier alpha value is -2.82. The van der Waals surface area contributed by atoms with Gasteiger partial charge in [0.05, 0.1) is 0 Å². The van der Waals surface area contributed by atoms with E-state index in [0.717, 1.165) is 24.1 Å². The monoisotopic (exact) mass is 364 g/mol. The van der Waals surface area contributed by atoms with Gasteiger partial charge in [0.2, 0.25) is 5.91 Å². The summed E-state index contributed by atoms with van der Waals surface area (Å²) >= 11 is 0. The molecule has 0 bridgehead atoms. The summed E-state index contributed by atoms with van der Waals surface area (Å²) in [6, 6.07) is 16.2. The molecule has 1 aliphatic carbocycles. The van der Waals surface area contributed by atoms with Crippen LogP contribution in [-0.4, -0.2) is 29.9 Å². The van der Waals surface area contributed by atoms with Crippen LogP contribution in [0.1, 0.15) is 36.5 Å². The van der Waals surface area contributed by atoms with Gasteiger partial charge in [-0.2, -0.15) is 0 Å². The summed E-state index contributed by atoms with van der Waals surface area (Å²) in [5.74, 6) is 0.263. The van der Waals surface area contributed by atoms with Crippen LogP contribution in [0.25, 0.3) is 0 Å². The predicted molar refractivity (Wildman–Crippen MR) is 111 cm³/mol. The summed E-state index contributed by atoms with van der Waals surface area (Å²) in [7, 11) is 0. The Bertz CT molecular complexity index is 801. The first-order chi connectivity index (χ1) is 13.2. The van der Waals surface area contributed by atoms with Crippen molar-refractivity contribution in [2.45, 2.75) is 39.2 Å². The molecule has 5 nitrogen and oxygen atoms in total. The molecule has 0 aromatic heterocycles. The minimum Gasteiger partial charge on any atom is -0.370 e. The van der Waals surface area contributed by atoms with Crippen molar-refractivity contribution in [1.29, 1.82) is 0 Å². The number of amides is 1. The molecule has 0 saturated carbocycles. The van der Waals surface area contributed by atoms with Gasteiger partial charge in [-0.15, -0.1) is 0 Å². The fourth-order valence-corrected chi connectivity index (χ4v) is 3.51. The summed E-state index contributed by atoms with van der Waals surface area (Å²) in [4.78, 5) is 18.6. The molecule has 3 N–H and O–H groups in total. The zero-order chi connectivity index (χ0) is 19.1. The molecular formula is C22H28N4O. The van der Waals surface area contributed by atoms with Gasteiger partial charge in [0.25, 0.3) is 0 Å². The fraction of sp³-hybridized carbons (Fsp3) is 0.364. The molecule has 0 spiro atoms. The van der Waals surface area contributed by atoms with E-state index >= 15 is 0 Å². The molecule has 0 aliphatic heterocycles. The van der Waals surface area contributed by atoms with Crippen LogP contribution >= 0.6 is 0 Å². The smallest absolute Gasteiger partial charge is 0.244 e. The highest BCUT2D eigenvalue weighted by Gasteiger charge is 2.14. The molecule has 2 aromatic carbocycles. The number of anilines is 1. The third-order valence-corrected chi connectivity index (χ3v) is 4.99. The van der Waals surface area contributed by atoms with E-state index < -0.39 is 0 Å². The number of benzene rings is 2. The third kappa shape index (κ3) is 5.09. The van der Waals surface area contributed by atoms with Gasteiger partial charge in [-0.3, -0.25) is 4.79 Å². The number of aliphatic imine (C=N–C) groups is 1. The van der Waals surface area contributed by atoms with Crippen molar-refractivity contribution in [3.63, 3.8) is 0 Å². The van der Waals surface area contributed by atoms with Crippen LogP contribution in [-0.2, 0) is 24.2 Å². The van der Waals surface area contributed by atoms with E-state index in [9.17, 15) is 4.79 Å². The minimum absolute atomic E-state index is 0.0267. The van der Waals surface area contributed by atoms with Gasteiger partial charge in [0.1, 0.15) is 6.54 Å². The maximum Gasteiger partial charge on any atom is 0.244 e. The Morgan fingerprint density at radius 1 is 1.11 bits per heavy atom. The maximum atomic E-state index is 12.5. The van der Waals surface area contributed by atoms with Crippen molar-refractivity contribution >= 4 is 17.6 Å². The van der Waals surface area contributed by atoms with Crippen LogP contribution in [0.4, 0.5) is 5.69 Å². The van der Waals surface area contributed by atoms with Gasteiger partial charge in [0, 0.05) is 18.8 Å². The van der Waals surface area contributed by atoms with Crippen molar-refractivity contribution in [2.75, 3.05) is 18.4 Å². The number of hydrogen-bond donors (Lipinski definition) is 2. The first kappa shape index (κ1) is 19.0. The first-order valence-corrected chi connectivity index (χ1v) is 9.66. The zero-order valence-corrected chi connectivity index (χ0v) is 15.9. The molecule has 3 rings (SSSR count). The van der Waals surface area contributed by atoms with E-state index in [0.29, 0.717) is 13.1 Å². The van der Waals surface area contributed by atoms with E-state index in [1.54, 1.807) is 4.90 Å². The molecule has 5 heteroatoms. The molecule has 2 aromatic rings. The quantitative estimate of drug-likeness (QED) is 0.610. The number of carbonyl (C=O) groups is 1. The van der Waals surface area contributed by atoms with E-state index in [1.807, 2.05) is 49.4 Å². The lowest BCUT2D eigenvalue weighted by Gasteiger charge is -2.21. The molecule has 0 fully saturated rings. The van der Waals surface area contributed by atoms with Crippen LogP contribution in [0.5, 0.6) is 0 Å². The van der Waals surface area contributed by atoms with Crippen molar-refractivity contribution in [1.82, 2.24) is 4.90 Å². The van der Waals surface area contributed by atoms with E-state index in [-0.39, 0.29) is 18.4 Å². The second-order valence-corrected chi connectivity index (χ2v) is 6.87. The molecule has 1 aliphatic rings. The van der Waals surface area contributed by atoms with Crippen LogP contribution in [0.2, 0.25) is 0 Å². The first-order valence-electron chi connectivity index (χ1n) is 9.66. The van der Waals surface area contributed by atoms with Gasteiger partial charge in [-0.05, 0) is 55.4 Å². The second kappa shape index (κ2) is 9.21. The van der Waals surface area contributed by atoms with E-state index in [1.165, 1.54) is 24.0 Å². The number of likely N-dealkylation sites (N-methyl/N-ethyl adjacent to an activating group) is 1. The predicted octanol–water partition coefficient (Wildman–Crippen LogP) is 3.34. The highest BCUT2D eigenvalue weighted by molar-refractivity contribution is 5.94. The van der Waals surface area contributed by atoms with Crippen molar-refractivity contribution in [3.05, 3.63) is 65.2 Å². The van der Waals surface area contributed by atoms with E-state index in [2.05, 4.69) is 16.4 Å². The lowest BCUT2D eigenvalue weighted by Crippen LogP contribution is -2.33. The summed E-state index contributed by atoms with van der Waals surface area (Å²) < 4.78 is 0. The molecule has 1 amide bonds. The average molecular weight is 364 g/mol. The number of rotatable bonds is 6. The molecule has 27 heavy (non-hydrogen) atoms. The lowest BCUT2D eigenvalue weighted by atomic mass is 9.90. The van der Waals surface area contributed by atoms with Gasteiger partial charge < -0.3 is 16.0 Å². The maximum absolute atomic E-state index is 12.5. The Kier molecular flexibility index (Phi) is 6.47. The van der Waals surface area contributed by atoms with Gasteiger partial charge in [0.15, 0.2) is 5.96 Å². The lowest BCUT2D eigenvalue weighted by molar-refractivity contribution is -0.130. The highest BCUT2D eigenvalue weighted by atomic mass is 16.2. The van der Waals surface area contributed by atoms with Crippen molar-refractivity contribution in [3.8, 4) is 0 Å². The van der Waals surface area contributed by atoms with Crippen LogP contribution in [0.15, 0.2) is 53.5 Å². The molecule has 0 heterocycles. The number of nitrogens with two attached hydrogens (primary N) is 1. The minimum atomic E-state index is -0.0267. The van der Waals surface area contributed by atoms with Crippen molar-refractivity contribution < 1.29 is 4.79 Å². The number of aryl methyl sites for hydroxylation is 1. The Morgan fingerprint density at radius 2 is 1.89 bits per heavy atom. The Morgan fingerprint density at radius 3 is 2.67 bits per heavy atom. The number of carbonyl (C=O) groups excluding carboxylic acids is 1. The fourth-order valence-electron chi connectivity index (χ4n) is 3.51. The van der Waals surface area contributed by atoms with Gasteiger partial charge in [-0.1, -0.05) is 42.5 Å². The number of guanidine groups is 1. The number of hydrogen-bond acceptors (Lipinski definition) is 2. The molecule has 0 radical (unpaired) electrons. The SMILES string of the molecule is CCN(Cc1ccccc1)C(=O)CN=C(N)Nc1cccc2c1CCCC2. The van der Waals surface area contributed by atoms with Crippen LogP contribution in [0.3, 0.4) is 0 Å². The average Bonchev–Trinajstić information content (AvgIpc) is 2.71. The zero-order valence-electron chi connectivity index (χ0n) is 15.9. The van der Waals surface area contributed by atoms with Gasteiger partial charge in [-0.25, -0.2) is 4.99 Å².